The quantitative estimate of drug-likeness (QED) is 0.867. The molecule has 0 aromatic carbocycles. The molecule has 0 saturated carbocycles. The topological polar surface area (TPSA) is 51.4 Å². The highest BCUT2D eigenvalue weighted by molar-refractivity contribution is 5.08. The summed E-state index contributed by atoms with van der Waals surface area (Å²) in [5, 5.41) is 0. The predicted molar refractivity (Wildman–Crippen MR) is 76.4 cm³/mol. The summed E-state index contributed by atoms with van der Waals surface area (Å²) in [6, 6.07) is 4.00. The number of likely N-dealkylation sites (tertiary alicyclic amines) is 1. The summed E-state index contributed by atoms with van der Waals surface area (Å²) in [4.78, 5) is 10.8. The molecule has 0 amide bonds. The third-order valence-electron chi connectivity index (χ3n) is 4.56. The molecule has 21 heavy (non-hydrogen) atoms. The van der Waals surface area contributed by atoms with Crippen LogP contribution in [0.5, 0.6) is 0 Å². The number of hydrogen-bond donors (Lipinski definition) is 0. The molecule has 2 aliphatic rings. The predicted octanol–water partition coefficient (Wildman–Crippen LogP) is 2.42. The molecule has 4 heterocycles. The third kappa shape index (κ3) is 2.71. The first kappa shape index (κ1) is 13.0. The molecular formula is C16H19N3O2. The summed E-state index contributed by atoms with van der Waals surface area (Å²) in [7, 11) is 0. The van der Waals surface area contributed by atoms with Crippen LogP contribution in [0.2, 0.25) is 0 Å². The first-order valence-electron chi connectivity index (χ1n) is 7.53. The van der Waals surface area contributed by atoms with Crippen molar-refractivity contribution in [3.05, 3.63) is 48.4 Å². The first-order valence-corrected chi connectivity index (χ1v) is 7.53. The first-order chi connectivity index (χ1) is 10.4. The Bertz CT molecular complexity index is 572. The van der Waals surface area contributed by atoms with Crippen LogP contribution in [0.15, 0.2) is 41.6 Å². The van der Waals surface area contributed by atoms with Crippen molar-refractivity contribution in [3.63, 3.8) is 0 Å². The Kier molecular flexibility index (Phi) is 3.45. The fourth-order valence-corrected chi connectivity index (χ4v) is 3.46. The zero-order valence-electron chi connectivity index (χ0n) is 11.9. The van der Waals surface area contributed by atoms with E-state index in [2.05, 4.69) is 14.9 Å². The van der Waals surface area contributed by atoms with E-state index in [1.807, 2.05) is 18.4 Å². The molecule has 0 spiro atoms. The lowest BCUT2D eigenvalue weighted by Crippen LogP contribution is -2.41. The Morgan fingerprint density at radius 3 is 3.14 bits per heavy atom. The van der Waals surface area contributed by atoms with Gasteiger partial charge in [-0.1, -0.05) is 0 Å². The molecule has 2 fully saturated rings. The van der Waals surface area contributed by atoms with Crippen LogP contribution >= 0.6 is 0 Å². The van der Waals surface area contributed by atoms with Gasteiger partial charge >= 0.3 is 0 Å². The van der Waals surface area contributed by atoms with Gasteiger partial charge in [-0.2, -0.15) is 0 Å². The van der Waals surface area contributed by atoms with Gasteiger partial charge in [-0.15, -0.1) is 0 Å². The largest absolute Gasteiger partial charge is 0.472 e. The molecule has 2 aromatic rings. The van der Waals surface area contributed by atoms with E-state index in [4.69, 9.17) is 9.15 Å². The second-order valence-electron chi connectivity index (χ2n) is 5.95. The van der Waals surface area contributed by atoms with Crippen LogP contribution in [0.1, 0.15) is 30.2 Å². The number of rotatable bonds is 3. The summed E-state index contributed by atoms with van der Waals surface area (Å²) < 4.78 is 11.4. The Hall–Kier alpha value is -1.72. The van der Waals surface area contributed by atoms with Crippen molar-refractivity contribution >= 4 is 0 Å². The van der Waals surface area contributed by atoms with Crippen molar-refractivity contribution in [3.8, 4) is 0 Å². The number of hydrogen-bond acceptors (Lipinski definition) is 5. The van der Waals surface area contributed by atoms with Gasteiger partial charge in [-0.25, -0.2) is 9.97 Å². The zero-order valence-corrected chi connectivity index (χ0v) is 11.9. The van der Waals surface area contributed by atoms with Gasteiger partial charge in [-0.3, -0.25) is 4.90 Å². The Morgan fingerprint density at radius 2 is 2.33 bits per heavy atom. The highest BCUT2D eigenvalue weighted by Gasteiger charge is 2.39. The number of piperidine rings is 1. The van der Waals surface area contributed by atoms with E-state index in [-0.39, 0.29) is 6.10 Å². The maximum absolute atomic E-state index is 6.25. The van der Waals surface area contributed by atoms with Crippen LogP contribution in [0.3, 0.4) is 0 Å². The van der Waals surface area contributed by atoms with E-state index in [0.717, 1.165) is 31.7 Å². The van der Waals surface area contributed by atoms with Crippen LogP contribution in [0.4, 0.5) is 0 Å². The van der Waals surface area contributed by atoms with Gasteiger partial charge in [0.25, 0.3) is 0 Å². The van der Waals surface area contributed by atoms with Gasteiger partial charge in [0.1, 0.15) is 12.4 Å². The van der Waals surface area contributed by atoms with E-state index >= 15 is 0 Å². The lowest BCUT2D eigenvalue weighted by Gasteiger charge is -2.33. The summed E-state index contributed by atoms with van der Waals surface area (Å²) in [5.74, 6) is 0.658. The molecule has 0 N–H and O–H groups in total. The minimum Gasteiger partial charge on any atom is -0.472 e. The second-order valence-corrected chi connectivity index (χ2v) is 5.95. The maximum atomic E-state index is 6.25. The number of aromatic nitrogens is 2. The average Bonchev–Trinajstić information content (AvgIpc) is 3.17. The highest BCUT2D eigenvalue weighted by atomic mass is 16.5. The van der Waals surface area contributed by atoms with E-state index in [0.29, 0.717) is 12.0 Å². The van der Waals surface area contributed by atoms with E-state index in [1.165, 1.54) is 12.0 Å². The van der Waals surface area contributed by atoms with Crippen LogP contribution in [-0.2, 0) is 11.3 Å². The number of fused-ring (bicyclic) bond motifs is 1. The van der Waals surface area contributed by atoms with Gasteiger partial charge in [-0.05, 0) is 37.4 Å². The summed E-state index contributed by atoms with van der Waals surface area (Å²) in [5.41, 5.74) is 2.25. The minimum atomic E-state index is 0.136. The molecule has 4 rings (SSSR count). The molecular weight excluding hydrogens is 266 g/mol. The van der Waals surface area contributed by atoms with E-state index < -0.39 is 0 Å². The molecule has 2 saturated heterocycles. The van der Waals surface area contributed by atoms with Crippen molar-refractivity contribution < 1.29 is 9.15 Å². The van der Waals surface area contributed by atoms with Crippen molar-refractivity contribution in [1.29, 1.82) is 0 Å². The number of ether oxygens (including phenoxy) is 1. The minimum absolute atomic E-state index is 0.136. The smallest absolute Gasteiger partial charge is 0.115 e. The van der Waals surface area contributed by atoms with Crippen LogP contribution < -0.4 is 0 Å². The van der Waals surface area contributed by atoms with Gasteiger partial charge in [0, 0.05) is 24.8 Å². The molecule has 0 unspecified atom stereocenters. The maximum Gasteiger partial charge on any atom is 0.115 e. The second kappa shape index (κ2) is 5.58. The molecule has 0 bridgehead atoms. The summed E-state index contributed by atoms with van der Waals surface area (Å²) in [6.45, 7) is 3.07. The zero-order chi connectivity index (χ0) is 14.1. The van der Waals surface area contributed by atoms with Gasteiger partial charge in [0.05, 0.1) is 24.3 Å². The van der Waals surface area contributed by atoms with Crippen molar-refractivity contribution in [2.75, 3.05) is 13.1 Å². The molecule has 5 heteroatoms. The standard InChI is InChI=1S/C16H19N3O2/c1-4-17-11-18-14(1)15-7-13-2-5-19(9-16(13)21-15)8-12-3-6-20-10-12/h1,3-4,6,10-11,13,15-16H,2,5,7-9H2/t13-,15+,16+/m1/s1. The fraction of sp³-hybridized carbons (Fsp3) is 0.500. The molecule has 0 aliphatic carbocycles. The van der Waals surface area contributed by atoms with E-state index in [9.17, 15) is 0 Å². The SMILES string of the molecule is c1cc([C@@H]2C[C@H]3CCN(Cc4ccoc4)C[C@@H]3O2)ncn1. The van der Waals surface area contributed by atoms with Crippen LogP contribution in [-0.4, -0.2) is 34.1 Å². The Labute approximate surface area is 124 Å². The molecule has 2 aromatic heterocycles. The molecule has 110 valence electrons. The lowest BCUT2D eigenvalue weighted by atomic mass is 9.91. The highest BCUT2D eigenvalue weighted by Crippen LogP contribution is 2.40. The van der Waals surface area contributed by atoms with Crippen LogP contribution in [0, 0.1) is 5.92 Å². The summed E-state index contributed by atoms with van der Waals surface area (Å²) >= 11 is 0. The molecule has 3 atom stereocenters. The normalized spacial score (nSPS) is 29.4. The van der Waals surface area contributed by atoms with Gasteiger partial charge < -0.3 is 9.15 Å². The van der Waals surface area contributed by atoms with Crippen molar-refractivity contribution in [2.45, 2.75) is 31.6 Å². The lowest BCUT2D eigenvalue weighted by molar-refractivity contribution is -0.0107. The van der Waals surface area contributed by atoms with Crippen molar-refractivity contribution in [2.24, 2.45) is 5.92 Å². The monoisotopic (exact) mass is 285 g/mol. The van der Waals surface area contributed by atoms with Crippen molar-refractivity contribution in [1.82, 2.24) is 14.9 Å². The fourth-order valence-electron chi connectivity index (χ4n) is 3.46. The molecule has 5 nitrogen and oxygen atoms in total. The summed E-state index contributed by atoms with van der Waals surface area (Å²) in [6.07, 6.45) is 9.70. The molecule has 0 radical (unpaired) electrons. The van der Waals surface area contributed by atoms with Crippen LogP contribution in [0.25, 0.3) is 0 Å². The van der Waals surface area contributed by atoms with E-state index in [1.54, 1.807) is 18.8 Å². The average molecular weight is 285 g/mol. The van der Waals surface area contributed by atoms with Gasteiger partial charge in [0.15, 0.2) is 0 Å². The van der Waals surface area contributed by atoms with Gasteiger partial charge in [0.2, 0.25) is 0 Å². The molecule has 2 aliphatic heterocycles. The number of furan rings is 1. The third-order valence-corrected chi connectivity index (χ3v) is 4.56. The Morgan fingerprint density at radius 1 is 1.33 bits per heavy atom. The number of nitrogens with zero attached hydrogens (tertiary/aromatic N) is 3. The Balaban J connectivity index is 1.40.